The molecule has 0 aliphatic heterocycles. The summed E-state index contributed by atoms with van der Waals surface area (Å²) in [5.74, 6) is -1.31. The number of carbonyl (C=O) groups is 2. The second kappa shape index (κ2) is 7.42. The van der Waals surface area contributed by atoms with Crippen molar-refractivity contribution in [3.05, 3.63) is 65.2 Å². The Morgan fingerprint density at radius 3 is 2.43 bits per heavy atom. The number of amides is 1. The first-order valence-electron chi connectivity index (χ1n) is 6.89. The third-order valence-electron chi connectivity index (χ3n) is 3.25. The van der Waals surface area contributed by atoms with Crippen LogP contribution in [0, 0.1) is 0 Å². The van der Waals surface area contributed by atoms with E-state index in [9.17, 15) is 9.59 Å². The molecule has 0 unspecified atom stereocenters. The Kier molecular flexibility index (Phi) is 5.32. The van der Waals surface area contributed by atoms with Gasteiger partial charge in [-0.25, -0.2) is 9.86 Å². The second-order valence-corrected chi connectivity index (χ2v) is 4.78. The molecule has 120 valence electrons. The van der Waals surface area contributed by atoms with Gasteiger partial charge in [-0.3, -0.25) is 9.63 Å². The molecular formula is C17H17NO5. The van der Waals surface area contributed by atoms with E-state index in [1.165, 1.54) is 32.4 Å². The number of benzene rings is 2. The van der Waals surface area contributed by atoms with E-state index >= 15 is 0 Å². The third-order valence-corrected chi connectivity index (χ3v) is 3.25. The van der Waals surface area contributed by atoms with Crippen LogP contribution in [0.25, 0.3) is 0 Å². The third kappa shape index (κ3) is 4.08. The first kappa shape index (κ1) is 16.5. The molecule has 2 rings (SSSR count). The Balaban J connectivity index is 2.30. The molecule has 0 spiro atoms. The van der Waals surface area contributed by atoms with Crippen molar-refractivity contribution < 1.29 is 24.3 Å². The molecule has 1 N–H and O–H groups in total. The molecular weight excluding hydrogens is 298 g/mol. The zero-order valence-corrected chi connectivity index (χ0v) is 12.9. The lowest BCUT2D eigenvalue weighted by molar-refractivity contribution is -0.0758. The van der Waals surface area contributed by atoms with Crippen molar-refractivity contribution in [1.82, 2.24) is 5.06 Å². The van der Waals surface area contributed by atoms with E-state index in [4.69, 9.17) is 14.7 Å². The number of rotatable bonds is 6. The number of carboxylic acid groups (broad SMARTS) is 1. The van der Waals surface area contributed by atoms with Gasteiger partial charge >= 0.3 is 5.97 Å². The largest absolute Gasteiger partial charge is 0.488 e. The van der Waals surface area contributed by atoms with Crippen LogP contribution in [0.15, 0.2) is 48.5 Å². The summed E-state index contributed by atoms with van der Waals surface area (Å²) in [6.45, 7) is 0.268. The summed E-state index contributed by atoms with van der Waals surface area (Å²) in [7, 11) is 2.79. The summed E-state index contributed by atoms with van der Waals surface area (Å²) in [5.41, 5.74) is 1.07. The van der Waals surface area contributed by atoms with Crippen molar-refractivity contribution in [3.63, 3.8) is 0 Å². The SMILES string of the molecule is CON(C)C(=O)c1cc(C(=O)O)ccc1OCc1ccccc1. The Hall–Kier alpha value is -2.86. The standard InChI is InChI=1S/C17H17NO5/c1-18(22-2)16(19)14-10-13(17(20)21)8-9-15(14)23-11-12-6-4-3-5-7-12/h3-10H,11H2,1-2H3,(H,20,21). The average Bonchev–Trinajstić information content (AvgIpc) is 2.59. The molecule has 0 saturated carbocycles. The van der Waals surface area contributed by atoms with Gasteiger partial charge in [0.25, 0.3) is 5.91 Å². The van der Waals surface area contributed by atoms with E-state index < -0.39 is 11.9 Å². The number of carbonyl (C=O) groups excluding carboxylic acids is 1. The number of hydrogen-bond acceptors (Lipinski definition) is 4. The summed E-state index contributed by atoms with van der Waals surface area (Å²) in [6.07, 6.45) is 0. The highest BCUT2D eigenvalue weighted by Gasteiger charge is 2.19. The van der Waals surface area contributed by atoms with E-state index in [-0.39, 0.29) is 17.7 Å². The van der Waals surface area contributed by atoms with Gasteiger partial charge < -0.3 is 9.84 Å². The Morgan fingerprint density at radius 1 is 1.13 bits per heavy atom. The fourth-order valence-corrected chi connectivity index (χ4v) is 1.94. The van der Waals surface area contributed by atoms with Crippen molar-refractivity contribution in [2.24, 2.45) is 0 Å². The van der Waals surface area contributed by atoms with E-state index in [0.717, 1.165) is 10.6 Å². The molecule has 0 fully saturated rings. The molecule has 2 aromatic rings. The monoisotopic (exact) mass is 315 g/mol. The lowest BCUT2D eigenvalue weighted by atomic mass is 10.1. The number of carboxylic acids is 1. The van der Waals surface area contributed by atoms with Gasteiger partial charge in [-0.1, -0.05) is 30.3 Å². The highest BCUT2D eigenvalue weighted by molar-refractivity contribution is 5.99. The minimum Gasteiger partial charge on any atom is -0.488 e. The average molecular weight is 315 g/mol. The molecule has 0 bridgehead atoms. The molecule has 0 atom stereocenters. The van der Waals surface area contributed by atoms with Crippen molar-refractivity contribution >= 4 is 11.9 Å². The molecule has 0 radical (unpaired) electrons. The zero-order chi connectivity index (χ0) is 16.8. The zero-order valence-electron chi connectivity index (χ0n) is 12.9. The molecule has 0 aromatic heterocycles. The van der Waals surface area contributed by atoms with Crippen molar-refractivity contribution in [2.75, 3.05) is 14.2 Å². The van der Waals surface area contributed by atoms with E-state index in [2.05, 4.69) is 0 Å². The molecule has 0 saturated heterocycles. The van der Waals surface area contributed by atoms with Crippen molar-refractivity contribution in [1.29, 1.82) is 0 Å². The van der Waals surface area contributed by atoms with Gasteiger partial charge in [-0.05, 0) is 23.8 Å². The van der Waals surface area contributed by atoms with Crippen LogP contribution in [0.2, 0.25) is 0 Å². The smallest absolute Gasteiger partial charge is 0.335 e. The van der Waals surface area contributed by atoms with Crippen LogP contribution in [0.3, 0.4) is 0 Å². The van der Waals surface area contributed by atoms with Crippen LogP contribution < -0.4 is 4.74 Å². The Labute approximate surface area is 133 Å². The predicted octanol–water partition coefficient (Wildman–Crippen LogP) is 2.60. The van der Waals surface area contributed by atoms with Gasteiger partial charge in [0.1, 0.15) is 12.4 Å². The summed E-state index contributed by atoms with van der Waals surface area (Å²) >= 11 is 0. The number of ether oxygens (including phenoxy) is 1. The summed E-state index contributed by atoms with van der Waals surface area (Å²) in [5, 5.41) is 10.1. The molecule has 23 heavy (non-hydrogen) atoms. The molecule has 0 heterocycles. The van der Waals surface area contributed by atoms with E-state index in [1.807, 2.05) is 30.3 Å². The Bertz CT molecular complexity index is 699. The van der Waals surface area contributed by atoms with Crippen LogP contribution >= 0.6 is 0 Å². The van der Waals surface area contributed by atoms with Crippen LogP contribution in [0.1, 0.15) is 26.3 Å². The number of aromatic carboxylic acids is 1. The molecule has 1 amide bonds. The van der Waals surface area contributed by atoms with Gasteiger partial charge in [0, 0.05) is 7.05 Å². The molecule has 0 aliphatic carbocycles. The molecule has 6 heteroatoms. The molecule has 2 aromatic carbocycles. The quantitative estimate of drug-likeness (QED) is 0.829. The lowest BCUT2D eigenvalue weighted by Gasteiger charge is -2.17. The van der Waals surface area contributed by atoms with Crippen LogP contribution in [0.4, 0.5) is 0 Å². The van der Waals surface area contributed by atoms with Crippen molar-refractivity contribution in [3.8, 4) is 5.75 Å². The summed E-state index contributed by atoms with van der Waals surface area (Å²) in [4.78, 5) is 28.3. The van der Waals surface area contributed by atoms with Crippen LogP contribution in [-0.4, -0.2) is 36.2 Å². The van der Waals surface area contributed by atoms with Gasteiger partial charge in [0.15, 0.2) is 0 Å². The number of hydroxylamine groups is 2. The lowest BCUT2D eigenvalue weighted by Crippen LogP contribution is -2.26. The van der Waals surface area contributed by atoms with Crippen LogP contribution in [-0.2, 0) is 11.4 Å². The van der Waals surface area contributed by atoms with Crippen LogP contribution in [0.5, 0.6) is 5.75 Å². The fourth-order valence-electron chi connectivity index (χ4n) is 1.94. The maximum Gasteiger partial charge on any atom is 0.335 e. The topological polar surface area (TPSA) is 76.1 Å². The van der Waals surface area contributed by atoms with Gasteiger partial charge in [-0.2, -0.15) is 0 Å². The van der Waals surface area contributed by atoms with E-state index in [1.54, 1.807) is 0 Å². The predicted molar refractivity (Wildman–Crippen MR) is 83.3 cm³/mol. The van der Waals surface area contributed by atoms with Gasteiger partial charge in [0.2, 0.25) is 0 Å². The first-order chi connectivity index (χ1) is 11.0. The summed E-state index contributed by atoms with van der Waals surface area (Å²) < 4.78 is 5.68. The highest BCUT2D eigenvalue weighted by Crippen LogP contribution is 2.23. The second-order valence-electron chi connectivity index (χ2n) is 4.78. The van der Waals surface area contributed by atoms with Crippen molar-refractivity contribution in [2.45, 2.75) is 6.61 Å². The maximum atomic E-state index is 12.3. The number of nitrogens with zero attached hydrogens (tertiary/aromatic N) is 1. The Morgan fingerprint density at radius 2 is 1.83 bits per heavy atom. The highest BCUT2D eigenvalue weighted by atomic mass is 16.7. The minimum atomic E-state index is -1.12. The minimum absolute atomic E-state index is 0.00455. The summed E-state index contributed by atoms with van der Waals surface area (Å²) in [6, 6.07) is 13.6. The maximum absolute atomic E-state index is 12.3. The van der Waals surface area contributed by atoms with Gasteiger partial charge in [-0.15, -0.1) is 0 Å². The van der Waals surface area contributed by atoms with Gasteiger partial charge in [0.05, 0.1) is 18.2 Å². The first-order valence-corrected chi connectivity index (χ1v) is 6.89. The normalized spacial score (nSPS) is 10.2. The fraction of sp³-hybridized carbons (Fsp3) is 0.176. The molecule has 6 nitrogen and oxygen atoms in total. The number of hydrogen-bond donors (Lipinski definition) is 1. The van der Waals surface area contributed by atoms with E-state index in [0.29, 0.717) is 5.75 Å². The molecule has 0 aliphatic rings.